The van der Waals surface area contributed by atoms with Crippen LogP contribution >= 0.6 is 0 Å². The zero-order chi connectivity index (χ0) is 9.64. The Kier molecular flexibility index (Phi) is 2.05. The van der Waals surface area contributed by atoms with Crippen LogP contribution in [0.3, 0.4) is 0 Å². The van der Waals surface area contributed by atoms with Gasteiger partial charge in [0.15, 0.2) is 0 Å². The smallest absolute Gasteiger partial charge is 0.0212 e. The van der Waals surface area contributed by atoms with Crippen molar-refractivity contribution in [2.24, 2.45) is 23.2 Å². The molecule has 0 bridgehead atoms. The van der Waals surface area contributed by atoms with Crippen LogP contribution in [0.1, 0.15) is 47.0 Å². The molecule has 0 aromatic rings. The molecule has 2 aliphatic carbocycles. The van der Waals surface area contributed by atoms with Crippen LogP contribution in [0.2, 0.25) is 0 Å². The number of hydrogen-bond acceptors (Lipinski definition) is 0. The maximum absolute atomic E-state index is 2.43. The van der Waals surface area contributed by atoms with Crippen LogP contribution in [0.5, 0.6) is 0 Å². The zero-order valence-electron chi connectivity index (χ0n) is 9.43. The summed E-state index contributed by atoms with van der Waals surface area (Å²) >= 11 is 0. The lowest BCUT2D eigenvalue weighted by Gasteiger charge is -2.39. The van der Waals surface area contributed by atoms with E-state index in [1.807, 2.05) is 0 Å². The minimum Gasteiger partial charge on any atom is -0.0856 e. The van der Waals surface area contributed by atoms with Crippen molar-refractivity contribution >= 4 is 0 Å². The van der Waals surface area contributed by atoms with Gasteiger partial charge in [-0.15, -0.1) is 0 Å². The van der Waals surface area contributed by atoms with Gasteiger partial charge >= 0.3 is 0 Å². The van der Waals surface area contributed by atoms with Gasteiger partial charge in [0.05, 0.1) is 0 Å². The molecule has 0 radical (unpaired) electrons. The molecule has 2 fully saturated rings. The van der Waals surface area contributed by atoms with Crippen molar-refractivity contribution in [3.63, 3.8) is 0 Å². The first-order valence-electron chi connectivity index (χ1n) is 5.70. The van der Waals surface area contributed by atoms with Gasteiger partial charge in [0.2, 0.25) is 0 Å². The molecule has 2 saturated carbocycles. The fraction of sp³-hybridized carbons (Fsp3) is 0.846. The Morgan fingerprint density at radius 2 is 2.15 bits per heavy atom. The van der Waals surface area contributed by atoms with E-state index in [1.165, 1.54) is 24.8 Å². The van der Waals surface area contributed by atoms with Crippen molar-refractivity contribution < 1.29 is 0 Å². The molecule has 13 heavy (non-hydrogen) atoms. The van der Waals surface area contributed by atoms with E-state index in [0.717, 1.165) is 23.2 Å². The van der Waals surface area contributed by atoms with Crippen molar-refractivity contribution in [1.29, 1.82) is 0 Å². The third-order valence-corrected chi connectivity index (χ3v) is 4.41. The van der Waals surface area contributed by atoms with Crippen LogP contribution in [0.15, 0.2) is 11.6 Å². The number of fused-ring (bicyclic) bond motifs is 1. The molecule has 3 unspecified atom stereocenters. The molecule has 2 aliphatic rings. The van der Waals surface area contributed by atoms with Crippen molar-refractivity contribution in [3.8, 4) is 0 Å². The molecule has 0 aromatic carbocycles. The molecule has 0 aliphatic heterocycles. The lowest BCUT2D eigenvalue weighted by molar-refractivity contribution is 0.102. The summed E-state index contributed by atoms with van der Waals surface area (Å²) in [5, 5.41) is 0. The Morgan fingerprint density at radius 3 is 2.54 bits per heavy atom. The Labute approximate surface area is 82.4 Å². The molecule has 0 N–H and O–H groups in total. The van der Waals surface area contributed by atoms with E-state index in [-0.39, 0.29) is 0 Å². The van der Waals surface area contributed by atoms with E-state index in [1.54, 1.807) is 0 Å². The van der Waals surface area contributed by atoms with Gasteiger partial charge in [-0.2, -0.15) is 0 Å². The fourth-order valence-corrected chi connectivity index (χ4v) is 3.45. The molecule has 0 heterocycles. The molecule has 0 heteroatoms. The Hall–Kier alpha value is -0.260. The van der Waals surface area contributed by atoms with Gasteiger partial charge in [0, 0.05) is 0 Å². The second kappa shape index (κ2) is 2.87. The summed E-state index contributed by atoms with van der Waals surface area (Å²) in [4.78, 5) is 0. The fourth-order valence-electron chi connectivity index (χ4n) is 3.45. The summed E-state index contributed by atoms with van der Waals surface area (Å²) in [7, 11) is 0. The topological polar surface area (TPSA) is 0 Å². The summed E-state index contributed by atoms with van der Waals surface area (Å²) < 4.78 is 0. The third kappa shape index (κ3) is 1.26. The van der Waals surface area contributed by atoms with Gasteiger partial charge in [0.25, 0.3) is 0 Å². The van der Waals surface area contributed by atoms with Crippen molar-refractivity contribution in [2.75, 3.05) is 0 Å². The van der Waals surface area contributed by atoms with E-state index < -0.39 is 0 Å². The highest BCUT2D eigenvalue weighted by atomic mass is 14.7. The molecule has 0 nitrogen and oxygen atoms in total. The highest BCUT2D eigenvalue weighted by Crippen LogP contribution is 2.75. The Bertz CT molecular complexity index is 232. The second-order valence-electron chi connectivity index (χ2n) is 5.62. The maximum atomic E-state index is 2.43. The standard InChI is InChI=1S/C13H22/c1-9(2)5-6-11-7-12-8-13(11,12)10(3)4/h5,10-12H,6-8H2,1-4H3. The van der Waals surface area contributed by atoms with Crippen molar-refractivity contribution in [3.05, 3.63) is 11.6 Å². The molecule has 3 atom stereocenters. The molecule has 2 rings (SSSR count). The number of hydrogen-bond donors (Lipinski definition) is 0. The van der Waals surface area contributed by atoms with Gasteiger partial charge in [-0.3, -0.25) is 0 Å². The molecular formula is C13H22. The summed E-state index contributed by atoms with van der Waals surface area (Å²) in [6.07, 6.45) is 6.83. The van der Waals surface area contributed by atoms with Gasteiger partial charge in [-0.05, 0) is 56.3 Å². The average molecular weight is 178 g/mol. The minimum atomic E-state index is 0.798. The SMILES string of the molecule is CC(C)=CCC1CC2CC12C(C)C. The molecule has 0 spiro atoms. The van der Waals surface area contributed by atoms with E-state index in [4.69, 9.17) is 0 Å². The molecule has 0 aromatic heterocycles. The average Bonchev–Trinajstić information content (AvgIpc) is 2.57. The van der Waals surface area contributed by atoms with Crippen molar-refractivity contribution in [2.45, 2.75) is 47.0 Å². The predicted molar refractivity (Wildman–Crippen MR) is 57.5 cm³/mol. The van der Waals surface area contributed by atoms with E-state index in [2.05, 4.69) is 33.8 Å². The van der Waals surface area contributed by atoms with Crippen LogP contribution in [0.4, 0.5) is 0 Å². The predicted octanol–water partition coefficient (Wildman–Crippen LogP) is 4.02. The van der Waals surface area contributed by atoms with E-state index in [9.17, 15) is 0 Å². The summed E-state index contributed by atoms with van der Waals surface area (Å²) in [5.74, 6) is 3.05. The zero-order valence-corrected chi connectivity index (χ0v) is 9.43. The van der Waals surface area contributed by atoms with Gasteiger partial charge in [0.1, 0.15) is 0 Å². The number of rotatable bonds is 3. The lowest BCUT2D eigenvalue weighted by Crippen LogP contribution is -2.32. The quantitative estimate of drug-likeness (QED) is 0.572. The summed E-state index contributed by atoms with van der Waals surface area (Å²) in [6, 6.07) is 0. The van der Waals surface area contributed by atoms with Crippen LogP contribution in [-0.2, 0) is 0 Å². The normalized spacial score (nSPS) is 41.0. The van der Waals surface area contributed by atoms with Gasteiger partial charge in [-0.1, -0.05) is 25.5 Å². The van der Waals surface area contributed by atoms with Crippen LogP contribution in [0.25, 0.3) is 0 Å². The maximum Gasteiger partial charge on any atom is -0.0212 e. The Balaban J connectivity index is 1.93. The largest absolute Gasteiger partial charge is 0.0856 e. The first kappa shape index (κ1) is 9.30. The Morgan fingerprint density at radius 1 is 1.46 bits per heavy atom. The molecule has 0 saturated heterocycles. The lowest BCUT2D eigenvalue weighted by atomic mass is 9.65. The first-order chi connectivity index (χ1) is 6.07. The van der Waals surface area contributed by atoms with E-state index >= 15 is 0 Å². The summed E-state index contributed by atoms with van der Waals surface area (Å²) in [5.41, 5.74) is 2.29. The van der Waals surface area contributed by atoms with Crippen LogP contribution < -0.4 is 0 Å². The second-order valence-corrected chi connectivity index (χ2v) is 5.62. The van der Waals surface area contributed by atoms with Crippen molar-refractivity contribution in [1.82, 2.24) is 0 Å². The molecular weight excluding hydrogens is 156 g/mol. The first-order valence-corrected chi connectivity index (χ1v) is 5.70. The third-order valence-electron chi connectivity index (χ3n) is 4.41. The highest BCUT2D eigenvalue weighted by Gasteiger charge is 2.67. The van der Waals surface area contributed by atoms with Crippen LogP contribution in [0, 0.1) is 23.2 Å². The highest BCUT2D eigenvalue weighted by molar-refractivity contribution is 5.18. The molecule has 0 amide bonds. The monoisotopic (exact) mass is 178 g/mol. The molecule has 74 valence electrons. The summed E-state index contributed by atoms with van der Waals surface area (Å²) in [6.45, 7) is 9.25. The van der Waals surface area contributed by atoms with Gasteiger partial charge < -0.3 is 0 Å². The van der Waals surface area contributed by atoms with E-state index in [0.29, 0.717) is 0 Å². The number of allylic oxidation sites excluding steroid dienone is 2. The van der Waals surface area contributed by atoms with Crippen LogP contribution in [-0.4, -0.2) is 0 Å². The van der Waals surface area contributed by atoms with Gasteiger partial charge in [-0.25, -0.2) is 0 Å². The minimum absolute atomic E-state index is 0.798.